The van der Waals surface area contributed by atoms with Crippen LogP contribution in [0, 0.1) is 6.07 Å². The molecule has 0 aromatic heterocycles. The normalized spacial score (nSPS) is 11.3. The molecule has 0 aliphatic rings. The first-order valence-electron chi connectivity index (χ1n) is 4.14. The van der Waals surface area contributed by atoms with Gasteiger partial charge in [-0.05, 0) is 17.2 Å². The van der Waals surface area contributed by atoms with Gasteiger partial charge in [-0.15, -0.1) is 0 Å². The Morgan fingerprint density at radius 1 is 1.59 bits per heavy atom. The minimum atomic E-state index is -4.01. The van der Waals surface area contributed by atoms with Gasteiger partial charge in [-0.3, -0.25) is 0 Å². The van der Waals surface area contributed by atoms with E-state index in [-0.39, 0.29) is 64.8 Å². The summed E-state index contributed by atoms with van der Waals surface area (Å²) in [5.41, 5.74) is 0. The minimum absolute atomic E-state index is 0. The Balaban J connectivity index is 0. The van der Waals surface area contributed by atoms with Crippen molar-refractivity contribution < 1.29 is 61.9 Å². The van der Waals surface area contributed by atoms with Crippen LogP contribution in [0.4, 0.5) is 0 Å². The van der Waals surface area contributed by atoms with Gasteiger partial charge in [0.1, 0.15) is 0 Å². The van der Waals surface area contributed by atoms with E-state index in [2.05, 4.69) is 10.5 Å². The Labute approximate surface area is 140 Å². The molecule has 1 aromatic rings. The monoisotopic (exact) mass is 275 g/mol. The fraction of sp³-hybridized carbons (Fsp3) is 0.222. The zero-order valence-corrected chi connectivity index (χ0v) is 13.5. The van der Waals surface area contributed by atoms with Crippen LogP contribution in [0.15, 0.2) is 27.5 Å². The van der Waals surface area contributed by atoms with Crippen molar-refractivity contribution in [2.24, 2.45) is 4.40 Å². The second-order valence-electron chi connectivity index (χ2n) is 2.66. The summed E-state index contributed by atoms with van der Waals surface area (Å²) in [7, 11) is -4.01. The molecule has 0 amide bonds. The van der Waals surface area contributed by atoms with E-state index in [1.165, 1.54) is 19.1 Å². The maximum absolute atomic E-state index is 11.5. The SMILES string of the molecule is CC/C([O-])=N/S(=O)(=O)c1[c-]cccc1Cl.[Li+].[Na+]. The number of rotatable bonds is 3. The molecule has 0 saturated heterocycles. The van der Waals surface area contributed by atoms with Crippen LogP contribution in [-0.4, -0.2) is 14.3 Å². The van der Waals surface area contributed by atoms with E-state index in [0.717, 1.165) is 0 Å². The second-order valence-corrected chi connectivity index (χ2v) is 4.61. The molecule has 0 N–H and O–H groups in total. The Morgan fingerprint density at radius 3 is 2.65 bits per heavy atom. The number of hydrogen-bond donors (Lipinski definition) is 0. The molecule has 1 rings (SSSR count). The topological polar surface area (TPSA) is 69.6 Å². The van der Waals surface area contributed by atoms with Gasteiger partial charge in [0.25, 0.3) is 10.0 Å². The molecule has 1 aromatic carbocycles. The fourth-order valence-corrected chi connectivity index (χ4v) is 2.28. The molecule has 4 nitrogen and oxygen atoms in total. The van der Waals surface area contributed by atoms with Gasteiger partial charge in [-0.2, -0.15) is 40.3 Å². The van der Waals surface area contributed by atoms with Crippen LogP contribution in [0.25, 0.3) is 0 Å². The molecule has 0 aliphatic carbocycles. The zero-order valence-electron chi connectivity index (χ0n) is 9.90. The van der Waals surface area contributed by atoms with Crippen LogP contribution in [-0.2, 0) is 10.0 Å². The summed E-state index contributed by atoms with van der Waals surface area (Å²) in [5, 5.41) is 10.9. The quantitative estimate of drug-likeness (QED) is 0.240. The first-order valence-corrected chi connectivity index (χ1v) is 5.96. The van der Waals surface area contributed by atoms with Gasteiger partial charge < -0.3 is 5.11 Å². The van der Waals surface area contributed by atoms with E-state index in [1.54, 1.807) is 6.07 Å². The average Bonchev–Trinajstić information content (AvgIpc) is 2.17. The Kier molecular flexibility index (Phi) is 10.0. The van der Waals surface area contributed by atoms with Gasteiger partial charge in [0.15, 0.2) is 0 Å². The first kappa shape index (κ1) is 19.9. The van der Waals surface area contributed by atoms with Gasteiger partial charge in [0.05, 0.1) is 0 Å². The van der Waals surface area contributed by atoms with Crippen LogP contribution < -0.4 is 53.5 Å². The number of halogens is 1. The molecule has 0 aliphatic heterocycles. The minimum Gasteiger partial charge on any atom is -0.861 e. The summed E-state index contributed by atoms with van der Waals surface area (Å²) in [6.45, 7) is 1.53. The third-order valence-corrected chi connectivity index (χ3v) is 3.28. The molecule has 8 heteroatoms. The molecular formula is C9H8ClLiNNaO3S. The Morgan fingerprint density at radius 2 is 2.18 bits per heavy atom. The van der Waals surface area contributed by atoms with Crippen molar-refractivity contribution in [3.8, 4) is 0 Å². The molecule has 0 bridgehead atoms. The number of nitrogens with zero attached hydrogens (tertiary/aromatic N) is 1. The van der Waals surface area contributed by atoms with E-state index >= 15 is 0 Å². The summed E-state index contributed by atoms with van der Waals surface area (Å²) in [5.74, 6) is -0.705. The second kappa shape index (κ2) is 8.60. The standard InChI is InChI=1S/C9H9ClNO3S.Li.Na/c1-2-9(12)11-15(13,14)8-6-4-3-5-7(8)10;;/h3-5H,2H2,1H3,(H,11,12);;/q-1;2*+1/p-1. The van der Waals surface area contributed by atoms with Gasteiger partial charge in [0.2, 0.25) is 0 Å². The molecule has 0 atom stereocenters. The maximum Gasteiger partial charge on any atom is 1.00 e. The van der Waals surface area contributed by atoms with Crippen molar-refractivity contribution in [3.63, 3.8) is 0 Å². The summed E-state index contributed by atoms with van der Waals surface area (Å²) < 4.78 is 26.1. The number of sulfonamides is 1. The van der Waals surface area contributed by atoms with Crippen molar-refractivity contribution in [1.29, 1.82) is 0 Å². The molecular weight excluding hydrogens is 268 g/mol. The molecule has 0 heterocycles. The predicted octanol–water partition coefficient (Wildman–Crippen LogP) is -4.99. The van der Waals surface area contributed by atoms with E-state index < -0.39 is 15.9 Å². The van der Waals surface area contributed by atoms with Crippen LogP contribution >= 0.6 is 11.6 Å². The van der Waals surface area contributed by atoms with Crippen molar-refractivity contribution in [2.75, 3.05) is 0 Å². The molecule has 0 fully saturated rings. The van der Waals surface area contributed by atoms with E-state index in [1.807, 2.05) is 0 Å². The van der Waals surface area contributed by atoms with Crippen LogP contribution in [0.2, 0.25) is 5.02 Å². The van der Waals surface area contributed by atoms with Crippen molar-refractivity contribution >= 4 is 27.5 Å². The van der Waals surface area contributed by atoms with Gasteiger partial charge in [-0.1, -0.05) is 11.9 Å². The largest absolute Gasteiger partial charge is 1.00 e. The number of hydrogen-bond acceptors (Lipinski definition) is 3. The van der Waals surface area contributed by atoms with Gasteiger partial charge in [-0.25, -0.2) is 8.42 Å². The molecule has 0 saturated carbocycles. The van der Waals surface area contributed by atoms with Gasteiger partial charge in [0, 0.05) is 0 Å². The smallest absolute Gasteiger partial charge is 0.861 e. The molecule has 0 spiro atoms. The third kappa shape index (κ3) is 5.80. The molecule has 0 unspecified atom stereocenters. The van der Waals surface area contributed by atoms with E-state index in [9.17, 15) is 13.5 Å². The molecule has 17 heavy (non-hydrogen) atoms. The first-order chi connectivity index (χ1) is 6.97. The Bertz CT molecular complexity index is 493. The van der Waals surface area contributed by atoms with Crippen molar-refractivity contribution in [2.45, 2.75) is 18.2 Å². The molecule has 0 radical (unpaired) electrons. The van der Waals surface area contributed by atoms with E-state index in [0.29, 0.717) is 0 Å². The Hall–Kier alpha value is 0.527. The van der Waals surface area contributed by atoms with Crippen molar-refractivity contribution in [1.82, 2.24) is 0 Å². The average molecular weight is 276 g/mol. The number of benzene rings is 1. The summed E-state index contributed by atoms with van der Waals surface area (Å²) in [6.07, 6.45) is 0.0314. The predicted molar refractivity (Wildman–Crippen MR) is 55.2 cm³/mol. The summed E-state index contributed by atoms with van der Waals surface area (Å²) >= 11 is 5.65. The third-order valence-electron chi connectivity index (χ3n) is 1.55. The summed E-state index contributed by atoms with van der Waals surface area (Å²) in [6, 6.07) is 6.78. The zero-order chi connectivity index (χ0) is 11.5. The van der Waals surface area contributed by atoms with E-state index in [4.69, 9.17) is 11.6 Å². The van der Waals surface area contributed by atoms with Crippen molar-refractivity contribution in [3.05, 3.63) is 29.3 Å². The van der Waals surface area contributed by atoms with Gasteiger partial charge >= 0.3 is 48.4 Å². The maximum atomic E-state index is 11.5. The fourth-order valence-electron chi connectivity index (χ4n) is 0.843. The van der Waals surface area contributed by atoms with Crippen LogP contribution in [0.1, 0.15) is 13.3 Å². The summed E-state index contributed by atoms with van der Waals surface area (Å²) in [4.78, 5) is -0.270. The molecule has 82 valence electrons. The van der Waals surface area contributed by atoms with Crippen LogP contribution in [0.3, 0.4) is 0 Å². The van der Waals surface area contributed by atoms with Crippen LogP contribution in [0.5, 0.6) is 0 Å².